The Morgan fingerprint density at radius 3 is 2.56 bits per heavy atom. The van der Waals surface area contributed by atoms with E-state index in [0.717, 1.165) is 34.1 Å². The van der Waals surface area contributed by atoms with Gasteiger partial charge < -0.3 is 15.0 Å². The van der Waals surface area contributed by atoms with Gasteiger partial charge in [0, 0.05) is 34.9 Å². The summed E-state index contributed by atoms with van der Waals surface area (Å²) in [5.74, 6) is 0.778. The van der Waals surface area contributed by atoms with Crippen LogP contribution in [-0.2, 0) is 0 Å². The molecule has 0 bridgehead atoms. The van der Waals surface area contributed by atoms with Gasteiger partial charge in [-0.15, -0.1) is 10.2 Å². The molecule has 9 heteroatoms. The lowest BCUT2D eigenvalue weighted by Gasteiger charge is -2.28. The highest BCUT2D eigenvalue weighted by atomic mass is 32.1. The second-order valence-electron chi connectivity index (χ2n) is 7.68. The first-order valence-corrected chi connectivity index (χ1v) is 10.7. The summed E-state index contributed by atoms with van der Waals surface area (Å²) < 4.78 is 9.44. The maximum Gasteiger partial charge on any atom is 0.174 e. The van der Waals surface area contributed by atoms with Gasteiger partial charge in [0.2, 0.25) is 0 Å². The van der Waals surface area contributed by atoms with Gasteiger partial charge in [0.25, 0.3) is 0 Å². The Labute approximate surface area is 191 Å². The third-order valence-electron chi connectivity index (χ3n) is 5.82. The zero-order valence-electron chi connectivity index (χ0n) is 18.0. The van der Waals surface area contributed by atoms with Gasteiger partial charge in [0.15, 0.2) is 5.11 Å². The number of aryl methyl sites for hydroxylation is 1. The topological polar surface area (TPSA) is 73.0 Å². The molecule has 4 heterocycles. The molecular formula is C23H23N7OS. The number of nitrogens with zero attached hydrogens (tertiary/aromatic N) is 6. The Morgan fingerprint density at radius 2 is 1.84 bits per heavy atom. The molecule has 4 aromatic rings. The van der Waals surface area contributed by atoms with Crippen LogP contribution in [0.4, 0.5) is 5.69 Å². The van der Waals surface area contributed by atoms with Crippen molar-refractivity contribution in [3.8, 4) is 5.75 Å². The van der Waals surface area contributed by atoms with Gasteiger partial charge in [0.1, 0.15) is 18.4 Å². The Kier molecular flexibility index (Phi) is 5.10. The number of aromatic nitrogens is 5. The molecule has 32 heavy (non-hydrogen) atoms. The summed E-state index contributed by atoms with van der Waals surface area (Å²) in [5, 5.41) is 12.1. The zero-order chi connectivity index (χ0) is 22.2. The van der Waals surface area contributed by atoms with E-state index in [1.165, 1.54) is 0 Å². The highest BCUT2D eigenvalue weighted by Gasteiger charge is 2.42. The van der Waals surface area contributed by atoms with Crippen LogP contribution < -0.4 is 15.0 Å². The molecule has 2 atom stereocenters. The largest absolute Gasteiger partial charge is 0.497 e. The van der Waals surface area contributed by atoms with E-state index in [4.69, 9.17) is 17.0 Å². The van der Waals surface area contributed by atoms with Crippen molar-refractivity contribution in [2.45, 2.75) is 25.9 Å². The monoisotopic (exact) mass is 445 g/mol. The fraction of sp³-hybridized carbons (Fsp3) is 0.217. The summed E-state index contributed by atoms with van der Waals surface area (Å²) in [6, 6.07) is 15.9. The summed E-state index contributed by atoms with van der Waals surface area (Å²) in [6.07, 6.45) is 5.19. The van der Waals surface area contributed by atoms with Crippen LogP contribution in [0.15, 0.2) is 67.4 Å². The molecule has 1 N–H and O–H groups in total. The number of nitrogens with one attached hydrogen (secondary N) is 1. The average Bonchev–Trinajstić information content (AvgIpc) is 3.52. The van der Waals surface area contributed by atoms with E-state index in [1.54, 1.807) is 19.8 Å². The molecule has 1 aromatic carbocycles. The molecule has 0 aliphatic carbocycles. The molecule has 5 rings (SSSR count). The van der Waals surface area contributed by atoms with Crippen molar-refractivity contribution >= 4 is 23.0 Å². The van der Waals surface area contributed by atoms with Crippen LogP contribution in [-0.4, -0.2) is 36.8 Å². The minimum atomic E-state index is -0.121. The lowest BCUT2D eigenvalue weighted by molar-refractivity contribution is 0.415. The predicted octanol–water partition coefficient (Wildman–Crippen LogP) is 3.59. The number of anilines is 1. The zero-order valence-corrected chi connectivity index (χ0v) is 18.8. The molecule has 1 aliphatic rings. The van der Waals surface area contributed by atoms with Crippen LogP contribution in [0, 0.1) is 13.8 Å². The van der Waals surface area contributed by atoms with E-state index in [9.17, 15) is 0 Å². The maximum absolute atomic E-state index is 5.83. The number of hydrogen-bond donors (Lipinski definition) is 1. The van der Waals surface area contributed by atoms with Crippen LogP contribution in [0.5, 0.6) is 5.75 Å². The highest BCUT2D eigenvalue weighted by molar-refractivity contribution is 7.80. The van der Waals surface area contributed by atoms with Crippen molar-refractivity contribution in [1.82, 2.24) is 29.9 Å². The van der Waals surface area contributed by atoms with Crippen molar-refractivity contribution in [3.63, 3.8) is 0 Å². The molecule has 3 aromatic heterocycles. The highest BCUT2D eigenvalue weighted by Crippen LogP contribution is 2.43. The van der Waals surface area contributed by atoms with Crippen LogP contribution >= 0.6 is 12.2 Å². The molecule has 0 unspecified atom stereocenters. The standard InChI is InChI=1S/C23H23N7OS/c1-15-11-19(16(2)30(15)28-13-25-26-14-28)22-21(20-9-4-5-10-24-20)27-23(32)29(22)17-7-6-8-18(12-17)31-3/h4-14,21-22H,1-3H3,(H,27,32)/t21-,22-/m1/s1. The predicted molar refractivity (Wildman–Crippen MR) is 126 cm³/mol. The first kappa shape index (κ1) is 20.2. The Balaban J connectivity index is 1.68. The van der Waals surface area contributed by atoms with Gasteiger partial charge in [-0.05, 0) is 56.4 Å². The Hall–Kier alpha value is -3.72. The van der Waals surface area contributed by atoms with Crippen molar-refractivity contribution in [3.05, 3.63) is 90.0 Å². The van der Waals surface area contributed by atoms with E-state index >= 15 is 0 Å². The molecular weight excluding hydrogens is 422 g/mol. The summed E-state index contributed by atoms with van der Waals surface area (Å²) in [6.45, 7) is 4.17. The fourth-order valence-corrected chi connectivity index (χ4v) is 4.79. The quantitative estimate of drug-likeness (QED) is 0.471. The number of thiocarbonyl (C=S) groups is 1. The van der Waals surface area contributed by atoms with Crippen LogP contribution in [0.1, 0.15) is 34.7 Å². The van der Waals surface area contributed by atoms with Gasteiger partial charge in [-0.25, -0.2) is 4.68 Å². The van der Waals surface area contributed by atoms with Crippen molar-refractivity contribution in [1.29, 1.82) is 0 Å². The molecule has 1 fully saturated rings. The van der Waals surface area contributed by atoms with E-state index in [2.05, 4.69) is 50.0 Å². The van der Waals surface area contributed by atoms with Gasteiger partial charge in [-0.1, -0.05) is 12.1 Å². The Bertz CT molecular complexity index is 1250. The number of hydrogen-bond acceptors (Lipinski definition) is 5. The molecule has 1 saturated heterocycles. The van der Waals surface area contributed by atoms with Crippen LogP contribution in [0.3, 0.4) is 0 Å². The second kappa shape index (κ2) is 8.08. The van der Waals surface area contributed by atoms with Crippen LogP contribution in [0.25, 0.3) is 0 Å². The number of benzene rings is 1. The lowest BCUT2D eigenvalue weighted by Crippen LogP contribution is -2.29. The summed E-state index contributed by atoms with van der Waals surface area (Å²) in [5.41, 5.74) is 5.17. The first-order chi connectivity index (χ1) is 15.6. The maximum atomic E-state index is 5.83. The average molecular weight is 446 g/mol. The van der Waals surface area contributed by atoms with E-state index in [-0.39, 0.29) is 12.1 Å². The molecule has 0 amide bonds. The molecule has 162 valence electrons. The van der Waals surface area contributed by atoms with Gasteiger partial charge in [-0.2, -0.15) is 0 Å². The minimum absolute atomic E-state index is 0.110. The number of rotatable bonds is 5. The van der Waals surface area contributed by atoms with E-state index in [1.807, 2.05) is 53.3 Å². The summed E-state index contributed by atoms with van der Waals surface area (Å²) >= 11 is 5.83. The molecule has 8 nitrogen and oxygen atoms in total. The van der Waals surface area contributed by atoms with E-state index < -0.39 is 0 Å². The lowest BCUT2D eigenvalue weighted by atomic mass is 9.96. The number of ether oxygens (including phenoxy) is 1. The summed E-state index contributed by atoms with van der Waals surface area (Å²) in [7, 11) is 1.67. The first-order valence-electron chi connectivity index (χ1n) is 10.3. The number of methoxy groups -OCH3 is 1. The molecule has 0 saturated carbocycles. The third-order valence-corrected chi connectivity index (χ3v) is 6.13. The van der Waals surface area contributed by atoms with Gasteiger partial charge >= 0.3 is 0 Å². The van der Waals surface area contributed by atoms with Crippen molar-refractivity contribution in [2.75, 3.05) is 12.0 Å². The van der Waals surface area contributed by atoms with E-state index in [0.29, 0.717) is 5.11 Å². The second-order valence-corrected chi connectivity index (χ2v) is 8.06. The SMILES string of the molecule is COc1cccc(N2C(=S)N[C@H](c3ccccn3)[C@H]2c2cc(C)n(-n3cnnc3)c2C)c1. The molecule has 0 radical (unpaired) electrons. The third kappa shape index (κ3) is 3.31. The van der Waals surface area contributed by atoms with Crippen LogP contribution in [0.2, 0.25) is 0 Å². The minimum Gasteiger partial charge on any atom is -0.497 e. The smallest absolute Gasteiger partial charge is 0.174 e. The van der Waals surface area contributed by atoms with Crippen molar-refractivity contribution in [2.24, 2.45) is 0 Å². The normalized spacial score (nSPS) is 18.1. The van der Waals surface area contributed by atoms with Gasteiger partial charge in [0.05, 0.1) is 24.9 Å². The fourth-order valence-electron chi connectivity index (χ4n) is 4.44. The molecule has 1 aliphatic heterocycles. The Morgan fingerprint density at radius 1 is 1.03 bits per heavy atom. The van der Waals surface area contributed by atoms with Gasteiger partial charge in [-0.3, -0.25) is 9.66 Å². The van der Waals surface area contributed by atoms with Crippen molar-refractivity contribution < 1.29 is 4.74 Å². The molecule has 0 spiro atoms. The number of pyridine rings is 1. The summed E-state index contributed by atoms with van der Waals surface area (Å²) in [4.78, 5) is 6.78.